The van der Waals surface area contributed by atoms with Crippen molar-refractivity contribution in [3.05, 3.63) is 35.6 Å². The number of carbonyl (C=O) groups is 1. The van der Waals surface area contributed by atoms with Gasteiger partial charge < -0.3 is 20.7 Å². The van der Waals surface area contributed by atoms with E-state index in [1.54, 1.807) is 19.2 Å². The summed E-state index contributed by atoms with van der Waals surface area (Å²) in [5.74, 6) is 0.300. The highest BCUT2D eigenvalue weighted by atomic mass is 19.1. The Morgan fingerprint density at radius 2 is 2.00 bits per heavy atom. The molecule has 0 aliphatic carbocycles. The van der Waals surface area contributed by atoms with Crippen molar-refractivity contribution >= 4 is 11.9 Å². The molecule has 6 nitrogen and oxygen atoms in total. The Morgan fingerprint density at radius 3 is 2.67 bits per heavy atom. The van der Waals surface area contributed by atoms with Crippen molar-refractivity contribution in [2.45, 2.75) is 25.4 Å². The molecule has 0 radical (unpaired) electrons. The largest absolute Gasteiger partial charge is 0.376 e. The molecule has 0 bridgehead atoms. The molecule has 2 rings (SSSR count). The van der Waals surface area contributed by atoms with E-state index in [-0.39, 0.29) is 24.2 Å². The van der Waals surface area contributed by atoms with Gasteiger partial charge in [-0.25, -0.2) is 4.39 Å². The summed E-state index contributed by atoms with van der Waals surface area (Å²) in [6.45, 7) is 2.62. The van der Waals surface area contributed by atoms with Gasteiger partial charge in [-0.1, -0.05) is 12.1 Å². The van der Waals surface area contributed by atoms with E-state index in [4.69, 9.17) is 4.74 Å². The maximum atomic E-state index is 12.8. The van der Waals surface area contributed by atoms with Crippen LogP contribution in [0.25, 0.3) is 0 Å². The molecule has 132 valence electrons. The van der Waals surface area contributed by atoms with Crippen molar-refractivity contribution in [3.63, 3.8) is 0 Å². The van der Waals surface area contributed by atoms with Crippen LogP contribution in [0.5, 0.6) is 0 Å². The first kappa shape index (κ1) is 18.2. The fourth-order valence-corrected chi connectivity index (χ4v) is 2.47. The Labute approximate surface area is 141 Å². The molecule has 0 saturated carbocycles. The summed E-state index contributed by atoms with van der Waals surface area (Å²) in [6.07, 6.45) is 2.67. The van der Waals surface area contributed by atoms with Gasteiger partial charge in [-0.3, -0.25) is 9.79 Å². The van der Waals surface area contributed by atoms with Crippen LogP contribution in [0.1, 0.15) is 18.4 Å². The standard InChI is InChI=1S/C17H25FN4O2/c1-19-17(22-12-15-3-2-10-24-15)21-9-8-20-16(23)11-13-4-6-14(18)7-5-13/h4-7,15H,2-3,8-12H2,1H3,(H,20,23)(H2,19,21,22). The zero-order valence-electron chi connectivity index (χ0n) is 14.0. The van der Waals surface area contributed by atoms with Gasteiger partial charge in [-0.2, -0.15) is 0 Å². The predicted molar refractivity (Wildman–Crippen MR) is 91.5 cm³/mol. The van der Waals surface area contributed by atoms with Gasteiger partial charge in [0.25, 0.3) is 0 Å². The van der Waals surface area contributed by atoms with Crippen molar-refractivity contribution in [3.8, 4) is 0 Å². The highest BCUT2D eigenvalue weighted by molar-refractivity contribution is 5.80. The van der Waals surface area contributed by atoms with Gasteiger partial charge in [0.2, 0.25) is 5.91 Å². The van der Waals surface area contributed by atoms with Crippen LogP contribution < -0.4 is 16.0 Å². The number of nitrogens with one attached hydrogen (secondary N) is 3. The Balaban J connectivity index is 1.58. The molecule has 3 N–H and O–H groups in total. The number of carbonyl (C=O) groups excluding carboxylic acids is 1. The molecule has 0 spiro atoms. The lowest BCUT2D eigenvalue weighted by molar-refractivity contribution is -0.120. The van der Waals surface area contributed by atoms with Crippen LogP contribution in [0, 0.1) is 5.82 Å². The van der Waals surface area contributed by atoms with Gasteiger partial charge in [0.05, 0.1) is 12.5 Å². The second kappa shape index (κ2) is 9.87. The molecule has 7 heteroatoms. The molecule has 1 aromatic rings. The van der Waals surface area contributed by atoms with Gasteiger partial charge >= 0.3 is 0 Å². The Hall–Kier alpha value is -2.15. The second-order valence-electron chi connectivity index (χ2n) is 5.67. The first-order valence-electron chi connectivity index (χ1n) is 8.24. The number of guanidine groups is 1. The van der Waals surface area contributed by atoms with Crippen LogP contribution >= 0.6 is 0 Å². The van der Waals surface area contributed by atoms with Crippen molar-refractivity contribution in [1.82, 2.24) is 16.0 Å². The number of hydrogen-bond donors (Lipinski definition) is 3. The van der Waals surface area contributed by atoms with Crippen LogP contribution in [-0.4, -0.2) is 51.3 Å². The first-order valence-corrected chi connectivity index (χ1v) is 8.24. The van der Waals surface area contributed by atoms with Crippen molar-refractivity contribution in [2.75, 3.05) is 33.3 Å². The monoisotopic (exact) mass is 336 g/mol. The van der Waals surface area contributed by atoms with Gasteiger partial charge in [-0.15, -0.1) is 0 Å². The summed E-state index contributed by atoms with van der Waals surface area (Å²) in [6, 6.07) is 5.94. The summed E-state index contributed by atoms with van der Waals surface area (Å²) < 4.78 is 18.4. The van der Waals surface area contributed by atoms with Crippen LogP contribution in [0.3, 0.4) is 0 Å². The van der Waals surface area contributed by atoms with E-state index in [9.17, 15) is 9.18 Å². The Bertz CT molecular complexity index is 542. The smallest absolute Gasteiger partial charge is 0.224 e. The number of amides is 1. The fourth-order valence-electron chi connectivity index (χ4n) is 2.47. The molecule has 1 atom stereocenters. The maximum Gasteiger partial charge on any atom is 0.224 e. The van der Waals surface area contributed by atoms with Crippen LogP contribution in [0.4, 0.5) is 4.39 Å². The number of hydrogen-bond acceptors (Lipinski definition) is 3. The number of rotatable bonds is 7. The molecule has 1 aliphatic rings. The number of halogens is 1. The summed E-state index contributed by atoms with van der Waals surface area (Å²) in [5, 5.41) is 9.17. The topological polar surface area (TPSA) is 74.8 Å². The fraction of sp³-hybridized carbons (Fsp3) is 0.529. The van der Waals surface area contributed by atoms with E-state index < -0.39 is 0 Å². The minimum absolute atomic E-state index is 0.0919. The number of nitrogens with zero attached hydrogens (tertiary/aromatic N) is 1. The van der Waals surface area contributed by atoms with Crippen molar-refractivity contribution in [2.24, 2.45) is 4.99 Å². The highest BCUT2D eigenvalue weighted by Gasteiger charge is 2.15. The molecule has 1 aliphatic heterocycles. The van der Waals surface area contributed by atoms with E-state index in [2.05, 4.69) is 20.9 Å². The molecular formula is C17H25FN4O2. The molecule has 24 heavy (non-hydrogen) atoms. The zero-order chi connectivity index (χ0) is 17.2. The van der Waals surface area contributed by atoms with E-state index in [1.807, 2.05) is 0 Å². The molecule has 1 fully saturated rings. The van der Waals surface area contributed by atoms with E-state index in [0.717, 1.165) is 31.6 Å². The van der Waals surface area contributed by atoms with Gasteiger partial charge in [-0.05, 0) is 30.5 Å². The third-order valence-corrected chi connectivity index (χ3v) is 3.76. The first-order chi connectivity index (χ1) is 11.7. The average molecular weight is 336 g/mol. The van der Waals surface area contributed by atoms with Gasteiger partial charge in [0.15, 0.2) is 5.96 Å². The van der Waals surface area contributed by atoms with Crippen molar-refractivity contribution in [1.29, 1.82) is 0 Å². The Morgan fingerprint density at radius 1 is 1.25 bits per heavy atom. The lowest BCUT2D eigenvalue weighted by Gasteiger charge is -2.15. The summed E-state index contributed by atoms with van der Waals surface area (Å²) >= 11 is 0. The zero-order valence-corrected chi connectivity index (χ0v) is 14.0. The summed E-state index contributed by atoms with van der Waals surface area (Å²) in [7, 11) is 1.71. The maximum absolute atomic E-state index is 12.8. The number of ether oxygens (including phenoxy) is 1. The molecule has 1 amide bonds. The van der Waals surface area contributed by atoms with E-state index >= 15 is 0 Å². The molecule has 0 aromatic heterocycles. The van der Waals surface area contributed by atoms with Crippen LogP contribution in [0.15, 0.2) is 29.3 Å². The third kappa shape index (κ3) is 6.54. The quantitative estimate of drug-likeness (QED) is 0.392. The SMILES string of the molecule is CN=C(NCCNC(=O)Cc1ccc(F)cc1)NCC1CCCO1. The molecular weight excluding hydrogens is 311 g/mol. The van der Waals surface area contributed by atoms with E-state index in [1.165, 1.54) is 12.1 Å². The highest BCUT2D eigenvalue weighted by Crippen LogP contribution is 2.10. The van der Waals surface area contributed by atoms with Gasteiger partial charge in [0, 0.05) is 33.3 Å². The molecule has 1 heterocycles. The average Bonchev–Trinajstić information content (AvgIpc) is 3.10. The lowest BCUT2D eigenvalue weighted by atomic mass is 10.1. The summed E-state index contributed by atoms with van der Waals surface area (Å²) in [5.41, 5.74) is 0.788. The second-order valence-corrected chi connectivity index (χ2v) is 5.67. The molecule has 1 saturated heterocycles. The normalized spacial score (nSPS) is 17.6. The lowest BCUT2D eigenvalue weighted by Crippen LogP contribution is -2.44. The van der Waals surface area contributed by atoms with E-state index in [0.29, 0.717) is 19.0 Å². The summed E-state index contributed by atoms with van der Waals surface area (Å²) in [4.78, 5) is 15.9. The number of benzene rings is 1. The third-order valence-electron chi connectivity index (χ3n) is 3.76. The molecule has 1 unspecified atom stereocenters. The molecule has 1 aromatic carbocycles. The predicted octanol–water partition coefficient (Wildman–Crippen LogP) is 0.828. The van der Waals surface area contributed by atoms with Crippen LogP contribution in [0.2, 0.25) is 0 Å². The van der Waals surface area contributed by atoms with Gasteiger partial charge in [0.1, 0.15) is 5.82 Å². The minimum Gasteiger partial charge on any atom is -0.376 e. The van der Waals surface area contributed by atoms with Crippen LogP contribution in [-0.2, 0) is 16.0 Å². The minimum atomic E-state index is -0.301. The van der Waals surface area contributed by atoms with Crippen molar-refractivity contribution < 1.29 is 13.9 Å². The Kier molecular flexibility index (Phi) is 7.48. The number of aliphatic imine (C=N–C) groups is 1.